The van der Waals surface area contributed by atoms with E-state index in [1.54, 1.807) is 6.92 Å². The molecule has 8 atom stereocenters. The fourth-order valence-corrected chi connectivity index (χ4v) is 9.14. The van der Waals surface area contributed by atoms with E-state index in [0.717, 1.165) is 45.4 Å². The molecule has 8 unspecified atom stereocenters. The van der Waals surface area contributed by atoms with Gasteiger partial charge in [0.2, 0.25) is 35.4 Å². The van der Waals surface area contributed by atoms with Crippen molar-refractivity contribution in [2.45, 2.75) is 269 Å². The molecule has 0 aromatic carbocycles. The highest BCUT2D eigenvalue weighted by Crippen LogP contribution is 2.24. The van der Waals surface area contributed by atoms with Gasteiger partial charge in [-0.25, -0.2) is 4.79 Å². The Kier molecular flexibility index (Phi) is 38.0. The van der Waals surface area contributed by atoms with Gasteiger partial charge < -0.3 is 62.2 Å². The zero-order valence-corrected chi connectivity index (χ0v) is 44.6. The summed E-state index contributed by atoms with van der Waals surface area (Å²) in [5, 5.41) is 53.1. The van der Waals surface area contributed by atoms with E-state index in [0.29, 0.717) is 19.4 Å². The number of rotatable bonds is 45. The molecule has 0 aromatic heterocycles. The number of hydrogen-bond acceptors (Lipinski definition) is 12. The zero-order chi connectivity index (χ0) is 53.5. The van der Waals surface area contributed by atoms with Crippen molar-refractivity contribution in [3.05, 3.63) is 0 Å². The van der Waals surface area contributed by atoms with Crippen LogP contribution in [0.5, 0.6) is 0 Å². The molecule has 1 saturated heterocycles. The van der Waals surface area contributed by atoms with Crippen LogP contribution in [0.25, 0.3) is 0 Å². The lowest BCUT2D eigenvalue weighted by Gasteiger charge is -2.42. The summed E-state index contributed by atoms with van der Waals surface area (Å²) in [5.74, 6) is -5.11. The van der Waals surface area contributed by atoms with Gasteiger partial charge in [0.15, 0.2) is 6.29 Å². The largest absolute Gasteiger partial charge is 0.480 e. The normalized spacial score (nSPS) is 19.0. The Morgan fingerprint density at radius 1 is 0.597 bits per heavy atom. The van der Waals surface area contributed by atoms with Crippen molar-refractivity contribution in [2.24, 2.45) is 11.7 Å². The molecule has 6 amide bonds. The van der Waals surface area contributed by atoms with Gasteiger partial charge >= 0.3 is 5.97 Å². The Bertz CT molecular complexity index is 1500. The maximum absolute atomic E-state index is 13.4. The van der Waals surface area contributed by atoms with Gasteiger partial charge in [0.05, 0.1) is 6.61 Å². The van der Waals surface area contributed by atoms with Crippen LogP contribution in [0.2, 0.25) is 0 Å². The lowest BCUT2D eigenvalue weighted by atomic mass is 9.93. The van der Waals surface area contributed by atoms with E-state index in [2.05, 4.69) is 40.4 Å². The van der Waals surface area contributed by atoms with Gasteiger partial charge in [-0.1, -0.05) is 162 Å². The molecule has 19 heteroatoms. The maximum atomic E-state index is 13.4. The molecular formula is C53H98N6O13. The summed E-state index contributed by atoms with van der Waals surface area (Å²) in [6, 6.07) is -5.06. The molecule has 19 nitrogen and oxygen atoms in total. The van der Waals surface area contributed by atoms with Crippen molar-refractivity contribution in [2.75, 3.05) is 19.8 Å². The smallest absolute Gasteiger partial charge is 0.326 e. The van der Waals surface area contributed by atoms with Crippen molar-refractivity contribution >= 4 is 41.4 Å². The molecule has 72 heavy (non-hydrogen) atoms. The number of nitrogens with two attached hydrogens (primary N) is 1. The van der Waals surface area contributed by atoms with Gasteiger partial charge in [-0.05, 0) is 44.9 Å². The summed E-state index contributed by atoms with van der Waals surface area (Å²) in [7, 11) is 0. The fraction of sp³-hybridized carbons (Fsp3) is 0.868. The predicted molar refractivity (Wildman–Crippen MR) is 276 cm³/mol. The molecular weight excluding hydrogens is 929 g/mol. The Hall–Kier alpha value is -3.91. The number of carboxylic acids is 1. The van der Waals surface area contributed by atoms with Gasteiger partial charge in [-0.15, -0.1) is 0 Å². The Morgan fingerprint density at radius 3 is 1.54 bits per heavy atom. The standard InChI is InChI=1S/C53H98N6O13/c1-5-8-10-12-14-16-18-20-22-24-26-30-39(31-27-25-23-21-19-17-15-13-11-9-6-2)50(66)55-35-29-28-32-42(52(68)69)58-44(62)34-33-41(49(54)65)59-51(67)40(7-3)57-45(63)37-71-48-46(56-38(4)61)53(70)72-43(36-60)47(48)64/h39-43,46-48,53,60,64,70H,5-37H2,1-4H3,(H2,54,65)(H,55,66)(H,56,61)(H,57,63)(H,58,62)(H,59,67)(H,68,69). The second kappa shape index (κ2) is 41.4. The first-order chi connectivity index (χ1) is 34.6. The molecule has 0 saturated carbocycles. The molecule has 1 fully saturated rings. The van der Waals surface area contributed by atoms with Gasteiger partial charge in [0.25, 0.3) is 0 Å². The van der Waals surface area contributed by atoms with Crippen LogP contribution in [0.15, 0.2) is 0 Å². The highest BCUT2D eigenvalue weighted by molar-refractivity contribution is 5.92. The molecule has 1 aliphatic rings. The number of primary amides is 1. The van der Waals surface area contributed by atoms with Crippen LogP contribution in [0.1, 0.15) is 220 Å². The number of aliphatic hydroxyl groups excluding tert-OH is 3. The number of ether oxygens (including phenoxy) is 2. The SMILES string of the molecule is CCCCCCCCCCCCCC(CCCCCCCCCCCCC)C(=O)NCCCCC(NC(=O)CCC(NC(=O)C(CC)NC(=O)COC1C(O)C(CO)OC(O)C1NC(C)=O)C(N)=O)C(=O)O. The van der Waals surface area contributed by atoms with E-state index < -0.39 is 97.5 Å². The maximum Gasteiger partial charge on any atom is 0.326 e. The van der Waals surface area contributed by atoms with Crippen molar-refractivity contribution in [3.8, 4) is 0 Å². The first-order valence-electron chi connectivity index (χ1n) is 27.8. The van der Waals surface area contributed by atoms with Crippen molar-refractivity contribution in [3.63, 3.8) is 0 Å². The Labute approximate surface area is 430 Å². The third-order valence-electron chi connectivity index (χ3n) is 13.6. The average Bonchev–Trinajstić information content (AvgIpc) is 3.34. The summed E-state index contributed by atoms with van der Waals surface area (Å²) >= 11 is 0. The van der Waals surface area contributed by atoms with E-state index in [1.807, 2.05) is 0 Å². The molecule has 11 N–H and O–H groups in total. The Morgan fingerprint density at radius 2 is 1.08 bits per heavy atom. The minimum absolute atomic E-state index is 0.0450. The molecule has 0 radical (unpaired) electrons. The summed E-state index contributed by atoms with van der Waals surface area (Å²) < 4.78 is 10.6. The van der Waals surface area contributed by atoms with Crippen molar-refractivity contribution in [1.82, 2.24) is 26.6 Å². The second-order valence-corrected chi connectivity index (χ2v) is 19.9. The van der Waals surface area contributed by atoms with E-state index in [1.165, 1.54) is 116 Å². The van der Waals surface area contributed by atoms with Gasteiger partial charge in [0.1, 0.15) is 49.1 Å². The summed E-state index contributed by atoms with van der Waals surface area (Å²) in [4.78, 5) is 88.5. The summed E-state index contributed by atoms with van der Waals surface area (Å²) in [6.45, 7) is 6.17. The van der Waals surface area contributed by atoms with Crippen LogP contribution in [-0.4, -0.2) is 130 Å². The first kappa shape index (κ1) is 66.1. The Balaban J connectivity index is 2.61. The molecule has 1 rings (SSSR count). The molecule has 418 valence electrons. The number of carbonyl (C=O) groups is 7. The molecule has 1 aliphatic heterocycles. The van der Waals surface area contributed by atoms with Crippen LogP contribution in [0.4, 0.5) is 0 Å². The monoisotopic (exact) mass is 1030 g/mol. The fourth-order valence-electron chi connectivity index (χ4n) is 9.14. The van der Waals surface area contributed by atoms with E-state index >= 15 is 0 Å². The average molecular weight is 1030 g/mol. The van der Waals surface area contributed by atoms with E-state index in [4.69, 9.17) is 15.2 Å². The topological polar surface area (TPSA) is 305 Å². The number of aliphatic carboxylic acids is 1. The van der Waals surface area contributed by atoms with Crippen LogP contribution in [0, 0.1) is 5.92 Å². The van der Waals surface area contributed by atoms with Gasteiger partial charge in [-0.3, -0.25) is 28.8 Å². The molecule has 0 aliphatic carbocycles. The third-order valence-corrected chi connectivity index (χ3v) is 13.6. The summed E-state index contributed by atoms with van der Waals surface area (Å²) in [6.07, 6.45) is 23.9. The first-order valence-corrected chi connectivity index (χ1v) is 27.8. The lowest BCUT2D eigenvalue weighted by Crippen LogP contribution is -2.65. The van der Waals surface area contributed by atoms with E-state index in [9.17, 15) is 54.0 Å². The molecule has 0 bridgehead atoms. The molecule has 1 heterocycles. The number of nitrogens with one attached hydrogen (secondary N) is 5. The van der Waals surface area contributed by atoms with Crippen molar-refractivity contribution in [1.29, 1.82) is 0 Å². The summed E-state index contributed by atoms with van der Waals surface area (Å²) in [5.41, 5.74) is 5.53. The second-order valence-electron chi connectivity index (χ2n) is 19.9. The minimum atomic E-state index is -1.68. The number of unbranched alkanes of at least 4 members (excludes halogenated alkanes) is 21. The lowest BCUT2D eigenvalue weighted by molar-refractivity contribution is -0.261. The van der Waals surface area contributed by atoms with Crippen LogP contribution in [0.3, 0.4) is 0 Å². The number of amides is 6. The van der Waals surface area contributed by atoms with Gasteiger partial charge in [0, 0.05) is 25.8 Å². The third kappa shape index (κ3) is 30.3. The number of aliphatic hydroxyl groups is 3. The van der Waals surface area contributed by atoms with Gasteiger partial charge in [-0.2, -0.15) is 0 Å². The van der Waals surface area contributed by atoms with Crippen molar-refractivity contribution < 1.29 is 63.5 Å². The van der Waals surface area contributed by atoms with E-state index in [-0.39, 0.29) is 37.5 Å². The molecule has 0 spiro atoms. The minimum Gasteiger partial charge on any atom is -0.480 e. The highest BCUT2D eigenvalue weighted by Gasteiger charge is 2.46. The van der Waals surface area contributed by atoms with Crippen LogP contribution >= 0.6 is 0 Å². The van der Waals surface area contributed by atoms with Crippen LogP contribution in [-0.2, 0) is 43.0 Å². The van der Waals surface area contributed by atoms with Crippen LogP contribution < -0.4 is 32.3 Å². The zero-order valence-electron chi connectivity index (χ0n) is 44.6. The number of carbonyl (C=O) groups excluding carboxylic acids is 6. The predicted octanol–water partition coefficient (Wildman–Crippen LogP) is 5.47. The number of carboxylic acid groups (broad SMARTS) is 1. The highest BCUT2D eigenvalue weighted by atomic mass is 16.6. The quantitative estimate of drug-likeness (QED) is 0.0339. The molecule has 0 aromatic rings. The number of hydrogen-bond donors (Lipinski definition) is 10.